The highest BCUT2D eigenvalue weighted by molar-refractivity contribution is 6.05. The summed E-state index contributed by atoms with van der Waals surface area (Å²) in [6.07, 6.45) is -4.65. The van der Waals surface area contributed by atoms with E-state index >= 15 is 0 Å². The highest BCUT2D eigenvalue weighted by Gasteiger charge is 2.30. The van der Waals surface area contributed by atoms with E-state index < -0.39 is 23.6 Å². The fourth-order valence-corrected chi connectivity index (χ4v) is 3.58. The van der Waals surface area contributed by atoms with Crippen molar-refractivity contribution in [3.8, 4) is 0 Å². The zero-order chi connectivity index (χ0) is 25.2. The average Bonchev–Trinajstić information content (AvgIpc) is 2.82. The molecule has 0 unspecified atom stereocenters. The van der Waals surface area contributed by atoms with Gasteiger partial charge in [-0.15, -0.1) is 0 Å². The van der Waals surface area contributed by atoms with Gasteiger partial charge in [0.25, 0.3) is 11.5 Å². The standard InChI is InChI=1S/C25H19F3N4O3/c1-32-24(35)20-11-3-2-10-19(20)21(31-32)14-22(33)29-17-8-4-6-15(12-17)23(34)30-18-9-5-7-16(13-18)25(26,27)28/h2-13H,14H2,1H3,(H,29,33)(H,30,34). The summed E-state index contributed by atoms with van der Waals surface area (Å²) in [6, 6.07) is 17.1. The Morgan fingerprint density at radius 1 is 0.886 bits per heavy atom. The van der Waals surface area contributed by atoms with Crippen molar-refractivity contribution in [2.45, 2.75) is 12.6 Å². The molecule has 7 nitrogen and oxygen atoms in total. The third-order valence-electron chi connectivity index (χ3n) is 5.22. The van der Waals surface area contributed by atoms with Crippen LogP contribution in [0.3, 0.4) is 0 Å². The smallest absolute Gasteiger partial charge is 0.326 e. The lowest BCUT2D eigenvalue weighted by Crippen LogP contribution is -2.24. The van der Waals surface area contributed by atoms with E-state index in [1.54, 1.807) is 30.3 Å². The lowest BCUT2D eigenvalue weighted by Gasteiger charge is -2.11. The van der Waals surface area contributed by atoms with Crippen LogP contribution in [0.15, 0.2) is 77.6 Å². The predicted molar refractivity (Wildman–Crippen MR) is 125 cm³/mol. The van der Waals surface area contributed by atoms with Crippen molar-refractivity contribution in [2.24, 2.45) is 7.05 Å². The molecule has 2 amide bonds. The predicted octanol–water partition coefficient (Wildman–Crippen LogP) is 4.39. The molecule has 0 radical (unpaired) electrons. The summed E-state index contributed by atoms with van der Waals surface area (Å²) in [4.78, 5) is 37.5. The molecule has 1 heterocycles. The topological polar surface area (TPSA) is 93.1 Å². The maximum Gasteiger partial charge on any atom is 0.416 e. The molecule has 1 aromatic heterocycles. The van der Waals surface area contributed by atoms with Gasteiger partial charge < -0.3 is 10.6 Å². The van der Waals surface area contributed by atoms with E-state index in [1.165, 1.54) is 42.1 Å². The second-order valence-electron chi connectivity index (χ2n) is 7.76. The number of carbonyl (C=O) groups excluding carboxylic acids is 2. The first-order valence-electron chi connectivity index (χ1n) is 10.5. The quantitative estimate of drug-likeness (QED) is 0.443. The third-order valence-corrected chi connectivity index (χ3v) is 5.22. The molecule has 178 valence electrons. The number of benzene rings is 3. The van der Waals surface area contributed by atoms with Crippen LogP contribution in [0.1, 0.15) is 21.6 Å². The molecule has 0 aliphatic heterocycles. The Labute approximate surface area is 197 Å². The summed E-state index contributed by atoms with van der Waals surface area (Å²) in [5.74, 6) is -1.05. The monoisotopic (exact) mass is 480 g/mol. The van der Waals surface area contributed by atoms with E-state index in [0.717, 1.165) is 12.1 Å². The highest BCUT2D eigenvalue weighted by Crippen LogP contribution is 2.30. The Morgan fingerprint density at radius 3 is 2.26 bits per heavy atom. The summed E-state index contributed by atoms with van der Waals surface area (Å²) in [7, 11) is 1.50. The van der Waals surface area contributed by atoms with Gasteiger partial charge in [0.05, 0.1) is 23.1 Å². The number of anilines is 2. The number of nitrogens with zero attached hydrogens (tertiary/aromatic N) is 2. The number of aromatic nitrogens is 2. The van der Waals surface area contributed by atoms with Gasteiger partial charge in [-0.3, -0.25) is 14.4 Å². The van der Waals surface area contributed by atoms with Gasteiger partial charge in [0, 0.05) is 29.4 Å². The molecule has 0 aliphatic rings. The number of aryl methyl sites for hydroxylation is 1. The van der Waals surface area contributed by atoms with E-state index in [0.29, 0.717) is 22.2 Å². The van der Waals surface area contributed by atoms with Gasteiger partial charge in [-0.1, -0.05) is 30.3 Å². The molecule has 2 N–H and O–H groups in total. The van der Waals surface area contributed by atoms with E-state index in [9.17, 15) is 27.6 Å². The zero-order valence-corrected chi connectivity index (χ0v) is 18.4. The largest absolute Gasteiger partial charge is 0.416 e. The number of amides is 2. The molecular weight excluding hydrogens is 461 g/mol. The summed E-state index contributed by atoms with van der Waals surface area (Å²) in [5, 5.41) is 10.3. The van der Waals surface area contributed by atoms with Crippen LogP contribution in [0.5, 0.6) is 0 Å². The second-order valence-corrected chi connectivity index (χ2v) is 7.76. The molecule has 0 bridgehead atoms. The number of nitrogens with one attached hydrogen (secondary N) is 2. The second kappa shape index (κ2) is 9.41. The third kappa shape index (κ3) is 5.37. The van der Waals surface area contributed by atoms with Crippen LogP contribution in [0.4, 0.5) is 24.5 Å². The lowest BCUT2D eigenvalue weighted by atomic mass is 10.1. The molecule has 0 fully saturated rings. The maximum atomic E-state index is 12.9. The van der Waals surface area contributed by atoms with E-state index in [2.05, 4.69) is 15.7 Å². The molecule has 35 heavy (non-hydrogen) atoms. The summed E-state index contributed by atoms with van der Waals surface area (Å²) in [5.41, 5.74) is -0.280. The maximum absolute atomic E-state index is 12.9. The van der Waals surface area contributed by atoms with Crippen LogP contribution in [0.2, 0.25) is 0 Å². The molecule has 0 aliphatic carbocycles. The van der Waals surface area contributed by atoms with Crippen LogP contribution >= 0.6 is 0 Å². The Bertz CT molecular complexity index is 1500. The Kier molecular flexibility index (Phi) is 6.37. The Balaban J connectivity index is 1.49. The minimum atomic E-state index is -4.53. The first-order chi connectivity index (χ1) is 16.6. The van der Waals surface area contributed by atoms with Gasteiger partial charge in [0.15, 0.2) is 0 Å². The van der Waals surface area contributed by atoms with Gasteiger partial charge in [0.1, 0.15) is 0 Å². The Morgan fingerprint density at radius 2 is 1.54 bits per heavy atom. The molecule has 3 aromatic carbocycles. The summed E-state index contributed by atoms with van der Waals surface area (Å²) < 4.78 is 39.9. The van der Waals surface area contributed by atoms with E-state index in [1.807, 2.05) is 0 Å². The normalized spacial score (nSPS) is 11.3. The molecule has 4 rings (SSSR count). The SMILES string of the molecule is Cn1nc(CC(=O)Nc2cccc(C(=O)Nc3cccc(C(F)(F)F)c3)c2)c2ccccc2c1=O. The number of fused-ring (bicyclic) bond motifs is 1. The fraction of sp³-hybridized carbons (Fsp3) is 0.120. The molecule has 0 saturated heterocycles. The lowest BCUT2D eigenvalue weighted by molar-refractivity contribution is -0.137. The van der Waals surface area contributed by atoms with Crippen LogP contribution in [-0.4, -0.2) is 21.6 Å². The van der Waals surface area contributed by atoms with E-state index in [4.69, 9.17) is 0 Å². The first-order valence-corrected chi connectivity index (χ1v) is 10.5. The average molecular weight is 480 g/mol. The number of rotatable bonds is 5. The molecule has 0 atom stereocenters. The number of carbonyl (C=O) groups is 2. The first kappa shape index (κ1) is 23.7. The van der Waals surface area contributed by atoms with Gasteiger partial charge in [0.2, 0.25) is 5.91 Å². The molecule has 0 spiro atoms. The van der Waals surface area contributed by atoms with Gasteiger partial charge in [-0.2, -0.15) is 18.3 Å². The molecule has 0 saturated carbocycles. The fourth-order valence-electron chi connectivity index (χ4n) is 3.58. The van der Waals surface area contributed by atoms with Crippen LogP contribution < -0.4 is 16.2 Å². The van der Waals surface area contributed by atoms with Crippen molar-refractivity contribution in [1.82, 2.24) is 9.78 Å². The summed E-state index contributed by atoms with van der Waals surface area (Å²) in [6.45, 7) is 0. The van der Waals surface area contributed by atoms with Crippen molar-refractivity contribution in [1.29, 1.82) is 0 Å². The van der Waals surface area contributed by atoms with Gasteiger partial charge in [-0.25, -0.2) is 4.68 Å². The minimum Gasteiger partial charge on any atom is -0.326 e. The van der Waals surface area contributed by atoms with Crippen molar-refractivity contribution < 1.29 is 22.8 Å². The van der Waals surface area contributed by atoms with Crippen molar-refractivity contribution >= 4 is 34.0 Å². The van der Waals surface area contributed by atoms with Gasteiger partial charge in [-0.05, 0) is 42.5 Å². The Hall–Kier alpha value is -4.47. The molecular formula is C25H19F3N4O3. The van der Waals surface area contributed by atoms with Crippen LogP contribution in [-0.2, 0) is 24.4 Å². The van der Waals surface area contributed by atoms with Crippen molar-refractivity contribution in [2.75, 3.05) is 10.6 Å². The van der Waals surface area contributed by atoms with E-state index in [-0.39, 0.29) is 23.2 Å². The highest BCUT2D eigenvalue weighted by atomic mass is 19.4. The molecule has 10 heteroatoms. The number of hydrogen-bond donors (Lipinski definition) is 2. The zero-order valence-electron chi connectivity index (χ0n) is 18.4. The minimum absolute atomic E-state index is 0.00749. The van der Waals surface area contributed by atoms with Gasteiger partial charge >= 0.3 is 6.18 Å². The van der Waals surface area contributed by atoms with Crippen molar-refractivity contribution in [3.63, 3.8) is 0 Å². The summed E-state index contributed by atoms with van der Waals surface area (Å²) >= 11 is 0. The molecule has 4 aromatic rings. The number of halogens is 3. The number of hydrogen-bond acceptors (Lipinski definition) is 4. The van der Waals surface area contributed by atoms with Crippen molar-refractivity contribution in [3.05, 3.63) is 100.0 Å². The van der Waals surface area contributed by atoms with Crippen LogP contribution in [0, 0.1) is 0 Å². The number of alkyl halides is 3. The van der Waals surface area contributed by atoms with Crippen LogP contribution in [0.25, 0.3) is 10.8 Å².